The van der Waals surface area contributed by atoms with Gasteiger partial charge < -0.3 is 20.6 Å². The van der Waals surface area contributed by atoms with E-state index in [0.717, 1.165) is 35.9 Å². The number of phenols is 1. The number of nitrogen functional groups attached to an aromatic ring is 1. The maximum absolute atomic E-state index is 13.9. The van der Waals surface area contributed by atoms with Gasteiger partial charge in [0.2, 0.25) is 5.91 Å². The first-order chi connectivity index (χ1) is 19.5. The van der Waals surface area contributed by atoms with E-state index in [1.54, 1.807) is 15.6 Å². The maximum Gasteiger partial charge on any atom is 0.433 e. The van der Waals surface area contributed by atoms with Crippen molar-refractivity contribution >= 4 is 17.5 Å². The normalized spacial score (nSPS) is 18.6. The van der Waals surface area contributed by atoms with Gasteiger partial charge in [-0.05, 0) is 49.5 Å². The molecule has 3 N–H and O–H groups in total. The Labute approximate surface area is 234 Å². The van der Waals surface area contributed by atoms with Crippen LogP contribution in [0.3, 0.4) is 0 Å². The molecule has 6 rings (SSSR count). The Kier molecular flexibility index (Phi) is 6.31. The lowest BCUT2D eigenvalue weighted by molar-refractivity contribution is -0.141. The van der Waals surface area contributed by atoms with Crippen molar-refractivity contribution in [3.63, 3.8) is 0 Å². The van der Waals surface area contributed by atoms with E-state index in [2.05, 4.69) is 11.6 Å². The topological polar surface area (TPSA) is 118 Å². The Hall–Kier alpha value is -4.35. The van der Waals surface area contributed by atoms with E-state index < -0.39 is 23.8 Å². The lowest BCUT2D eigenvalue weighted by atomic mass is 9.94. The summed E-state index contributed by atoms with van der Waals surface area (Å²) in [4.78, 5) is 33.2. The van der Waals surface area contributed by atoms with Crippen LogP contribution in [0.2, 0.25) is 0 Å². The van der Waals surface area contributed by atoms with Gasteiger partial charge in [0.05, 0.1) is 28.7 Å². The first-order valence-corrected chi connectivity index (χ1v) is 13.5. The number of phenolic OH excluding ortho intramolecular Hbond substituents is 1. The second-order valence-electron chi connectivity index (χ2n) is 10.8. The highest BCUT2D eigenvalue weighted by atomic mass is 19.4. The second-order valence-corrected chi connectivity index (χ2v) is 10.8. The monoisotopic (exact) mass is 566 g/mol. The van der Waals surface area contributed by atoms with E-state index >= 15 is 0 Å². The van der Waals surface area contributed by atoms with Gasteiger partial charge in [-0.1, -0.05) is 12.6 Å². The number of nitrogens with zero attached hydrogens (tertiary/aromatic N) is 5. The van der Waals surface area contributed by atoms with Crippen molar-refractivity contribution < 1.29 is 27.9 Å². The van der Waals surface area contributed by atoms with Gasteiger partial charge in [-0.15, -0.1) is 0 Å². The van der Waals surface area contributed by atoms with E-state index in [-0.39, 0.29) is 41.6 Å². The van der Waals surface area contributed by atoms with Gasteiger partial charge >= 0.3 is 6.18 Å². The third-order valence-electron chi connectivity index (χ3n) is 8.30. The van der Waals surface area contributed by atoms with Crippen molar-refractivity contribution in [2.24, 2.45) is 0 Å². The van der Waals surface area contributed by atoms with Crippen LogP contribution in [-0.4, -0.2) is 61.1 Å². The Balaban J connectivity index is 1.42. The van der Waals surface area contributed by atoms with Gasteiger partial charge in [-0.25, -0.2) is 4.68 Å². The summed E-state index contributed by atoms with van der Waals surface area (Å²) < 4.78 is 41.9. The summed E-state index contributed by atoms with van der Waals surface area (Å²) in [7, 11) is 0. The number of rotatable bonds is 4. The Morgan fingerprint density at radius 1 is 1.20 bits per heavy atom. The minimum atomic E-state index is -4.71. The lowest BCUT2D eigenvalue weighted by Gasteiger charge is -2.38. The van der Waals surface area contributed by atoms with E-state index in [1.807, 2.05) is 12.1 Å². The van der Waals surface area contributed by atoms with Crippen LogP contribution in [0.1, 0.15) is 68.9 Å². The Bertz CT molecular complexity index is 1590. The first kappa shape index (κ1) is 26.9. The summed E-state index contributed by atoms with van der Waals surface area (Å²) in [5.74, 6) is -0.301. The number of halogens is 3. The molecule has 12 heteroatoms. The number of aromatic nitrogens is 3. The zero-order valence-electron chi connectivity index (χ0n) is 22.4. The number of hydrogen-bond donors (Lipinski definition) is 2. The lowest BCUT2D eigenvalue weighted by Crippen LogP contribution is -2.46. The second kappa shape index (κ2) is 9.64. The molecule has 214 valence electrons. The number of alkyl halides is 3. The number of carbonyl (C=O) groups excluding carboxylic acids is 2. The van der Waals surface area contributed by atoms with E-state index in [1.165, 1.54) is 17.9 Å². The molecule has 41 heavy (non-hydrogen) atoms. The predicted molar refractivity (Wildman–Crippen MR) is 144 cm³/mol. The van der Waals surface area contributed by atoms with Crippen LogP contribution in [-0.2, 0) is 23.8 Å². The quantitative estimate of drug-likeness (QED) is 0.460. The van der Waals surface area contributed by atoms with Crippen molar-refractivity contribution in [3.05, 3.63) is 76.4 Å². The van der Waals surface area contributed by atoms with Crippen LogP contribution >= 0.6 is 0 Å². The first-order valence-electron chi connectivity index (χ1n) is 13.5. The van der Waals surface area contributed by atoms with E-state index in [0.29, 0.717) is 36.7 Å². The van der Waals surface area contributed by atoms with Gasteiger partial charge in [-0.2, -0.15) is 18.3 Å². The summed E-state index contributed by atoms with van der Waals surface area (Å²) in [5.41, 5.74) is 8.07. The van der Waals surface area contributed by atoms with Gasteiger partial charge in [0, 0.05) is 49.8 Å². The molecule has 0 spiro atoms. The molecule has 0 saturated heterocycles. The van der Waals surface area contributed by atoms with Crippen LogP contribution in [0.5, 0.6) is 5.75 Å². The molecule has 0 radical (unpaired) electrons. The zero-order chi connectivity index (χ0) is 29.2. The Morgan fingerprint density at radius 2 is 1.95 bits per heavy atom. The molecule has 1 aliphatic carbocycles. The molecule has 3 aromatic rings. The van der Waals surface area contributed by atoms with Crippen LogP contribution in [0.25, 0.3) is 5.69 Å². The Morgan fingerprint density at radius 3 is 2.61 bits per heavy atom. The third-order valence-corrected chi connectivity index (χ3v) is 8.30. The van der Waals surface area contributed by atoms with Crippen LogP contribution in [0.4, 0.5) is 18.9 Å². The zero-order valence-corrected chi connectivity index (χ0v) is 22.4. The standard InChI is InChI=1S/C29H29F3N6O3/c1-3-24(40)36-10-8-19-25-21(38(35-19)20-7-6-17(12-23(20)39)16-4-5-16)9-11-37(22(25)14-36)28(41)18-13-34-27(29(30,31)32)15(2)26(18)33/h3,6-7,12-13,16,22,39H,1,4-5,8-11,14H2,2H3,(H2,33,34)/t22-/m0/s1. The minimum absolute atomic E-state index is 0.112. The number of hydrogen-bond acceptors (Lipinski definition) is 6. The van der Waals surface area contributed by atoms with Gasteiger partial charge in [0.25, 0.3) is 5.91 Å². The van der Waals surface area contributed by atoms with Crippen molar-refractivity contribution in [3.8, 4) is 11.4 Å². The summed E-state index contributed by atoms with van der Waals surface area (Å²) in [6.45, 7) is 5.45. The predicted octanol–water partition coefficient (Wildman–Crippen LogP) is 4.07. The van der Waals surface area contributed by atoms with Gasteiger partial charge in [-0.3, -0.25) is 14.6 Å². The van der Waals surface area contributed by atoms with Crippen LogP contribution < -0.4 is 5.73 Å². The highest BCUT2D eigenvalue weighted by molar-refractivity contribution is 6.00. The average molecular weight is 567 g/mol. The highest BCUT2D eigenvalue weighted by Gasteiger charge is 2.42. The molecular weight excluding hydrogens is 537 g/mol. The molecular formula is C29H29F3N6O3. The molecule has 2 amide bonds. The molecule has 3 aliphatic rings. The van der Waals surface area contributed by atoms with Crippen molar-refractivity contribution in [1.82, 2.24) is 24.6 Å². The molecule has 4 heterocycles. The van der Waals surface area contributed by atoms with Crippen LogP contribution in [0, 0.1) is 6.92 Å². The summed E-state index contributed by atoms with van der Waals surface area (Å²) in [5, 5.41) is 15.8. The number of anilines is 1. The summed E-state index contributed by atoms with van der Waals surface area (Å²) in [6.07, 6.45) is 0.358. The number of nitrogens with two attached hydrogens (primary N) is 1. The SMILES string of the molecule is C=CC(=O)N1CCc2nn(-c3ccc(C4CC4)cc3O)c3c2[C@H](C1)N(C(=O)c1cnc(C(F)(F)F)c(C)c1N)CC3. The van der Waals surface area contributed by atoms with Crippen molar-refractivity contribution in [2.75, 3.05) is 25.4 Å². The van der Waals surface area contributed by atoms with Crippen molar-refractivity contribution in [2.45, 2.75) is 50.7 Å². The van der Waals surface area contributed by atoms with Crippen LogP contribution in [0.15, 0.2) is 37.1 Å². The number of aromatic hydroxyl groups is 1. The number of carbonyl (C=O) groups is 2. The smallest absolute Gasteiger partial charge is 0.433 e. The fourth-order valence-corrected chi connectivity index (χ4v) is 5.99. The molecule has 2 aliphatic heterocycles. The fraction of sp³-hybridized carbons (Fsp3) is 0.379. The van der Waals surface area contributed by atoms with Gasteiger partial charge in [0.15, 0.2) is 0 Å². The summed E-state index contributed by atoms with van der Waals surface area (Å²) >= 11 is 0. The molecule has 1 saturated carbocycles. The minimum Gasteiger partial charge on any atom is -0.506 e. The molecule has 1 atom stereocenters. The maximum atomic E-state index is 13.9. The number of pyridine rings is 1. The molecule has 1 aromatic carbocycles. The number of benzene rings is 1. The van der Waals surface area contributed by atoms with E-state index in [9.17, 15) is 27.9 Å². The molecule has 9 nitrogen and oxygen atoms in total. The molecule has 0 unspecified atom stereocenters. The highest BCUT2D eigenvalue weighted by Crippen LogP contribution is 2.43. The fourth-order valence-electron chi connectivity index (χ4n) is 5.99. The molecule has 1 fully saturated rings. The summed E-state index contributed by atoms with van der Waals surface area (Å²) in [6, 6.07) is 4.98. The average Bonchev–Trinajstić information content (AvgIpc) is 3.74. The van der Waals surface area contributed by atoms with E-state index in [4.69, 9.17) is 10.8 Å². The molecule has 2 aromatic heterocycles. The number of amides is 2. The van der Waals surface area contributed by atoms with Crippen molar-refractivity contribution in [1.29, 1.82) is 0 Å². The third kappa shape index (κ3) is 4.51. The largest absolute Gasteiger partial charge is 0.506 e. The molecule has 0 bridgehead atoms. The van der Waals surface area contributed by atoms with Gasteiger partial charge in [0.1, 0.15) is 17.1 Å².